The number of benzene rings is 3. The minimum atomic E-state index is -1.10. The number of Topliss-reactive ketones (excluding diaryl/α,β-unsaturated/α-hetero) is 1. The number of carbonyl (C=O) groups is 2. The van der Waals surface area contributed by atoms with Gasteiger partial charge in [-0.1, -0.05) is 59.0 Å². The lowest BCUT2D eigenvalue weighted by molar-refractivity contribution is -0.132. The summed E-state index contributed by atoms with van der Waals surface area (Å²) in [5.74, 6) is -0.742. The normalized spacial score (nSPS) is 17.5. The summed E-state index contributed by atoms with van der Waals surface area (Å²) in [6.07, 6.45) is 0. The Kier molecular flexibility index (Phi) is 7.67. The van der Waals surface area contributed by atoms with E-state index >= 15 is 0 Å². The number of aliphatic hydroxyl groups excluding tert-OH is 1. The highest BCUT2D eigenvalue weighted by atomic mass is 35.5. The second-order valence-electron chi connectivity index (χ2n) is 9.19. The lowest BCUT2D eigenvalue weighted by atomic mass is 9.95. The van der Waals surface area contributed by atoms with Crippen molar-refractivity contribution >= 4 is 57.3 Å². The molecule has 1 amide bonds. The van der Waals surface area contributed by atoms with Gasteiger partial charge in [0.2, 0.25) is 5.13 Å². The molecule has 1 fully saturated rings. The van der Waals surface area contributed by atoms with Crippen molar-refractivity contribution in [2.45, 2.75) is 16.1 Å². The quantitative estimate of drug-likeness (QED) is 0.0882. The van der Waals surface area contributed by atoms with Crippen LogP contribution in [0.1, 0.15) is 22.7 Å². The number of anilines is 1. The van der Waals surface area contributed by atoms with Gasteiger partial charge in [0, 0.05) is 16.3 Å². The highest BCUT2D eigenvalue weighted by Crippen LogP contribution is 2.46. The van der Waals surface area contributed by atoms with Gasteiger partial charge in [-0.15, -0.1) is 10.2 Å². The zero-order valence-corrected chi connectivity index (χ0v) is 24.3. The zero-order valence-electron chi connectivity index (χ0n) is 21.9. The molecule has 10 nitrogen and oxygen atoms in total. The Morgan fingerprint density at radius 1 is 1.10 bits per heavy atom. The number of thioether (sulfide) groups is 1. The van der Waals surface area contributed by atoms with Gasteiger partial charge >= 0.3 is 5.91 Å². The molecule has 0 aliphatic carbocycles. The summed E-state index contributed by atoms with van der Waals surface area (Å²) in [4.78, 5) is 28.3. The maximum absolute atomic E-state index is 13.5. The van der Waals surface area contributed by atoms with Crippen molar-refractivity contribution in [2.75, 3.05) is 25.2 Å². The Balaban J connectivity index is 1.42. The first-order valence-corrected chi connectivity index (χ1v) is 14.8. The molecule has 42 heavy (non-hydrogen) atoms. The Labute approximate surface area is 253 Å². The van der Waals surface area contributed by atoms with Crippen LogP contribution in [0.5, 0.6) is 23.0 Å². The van der Waals surface area contributed by atoms with Crippen LogP contribution >= 0.6 is 34.7 Å². The Hall–Kier alpha value is -4.26. The Morgan fingerprint density at radius 2 is 1.88 bits per heavy atom. The summed E-state index contributed by atoms with van der Waals surface area (Å²) in [7, 11) is 1.39. The smallest absolute Gasteiger partial charge is 0.301 e. The molecule has 6 rings (SSSR count). The van der Waals surface area contributed by atoms with Gasteiger partial charge in [0.15, 0.2) is 27.3 Å². The monoisotopic (exact) mass is 623 g/mol. The minimum Gasteiger partial charge on any atom is -0.507 e. The average Bonchev–Trinajstić information content (AvgIpc) is 3.58. The molecule has 0 radical (unpaired) electrons. The molecule has 3 aromatic carbocycles. The molecule has 2 aliphatic heterocycles. The first-order valence-electron chi connectivity index (χ1n) is 12.6. The summed E-state index contributed by atoms with van der Waals surface area (Å²) in [5.41, 5.74) is 1.42. The fourth-order valence-corrected chi connectivity index (χ4v) is 6.82. The molecule has 2 N–H and O–H groups in total. The summed E-state index contributed by atoms with van der Waals surface area (Å²) in [5, 5.41) is 30.9. The number of nitrogens with zero attached hydrogens (tertiary/aromatic N) is 3. The Morgan fingerprint density at radius 3 is 2.67 bits per heavy atom. The number of fused-ring (bicyclic) bond motifs is 1. The number of aromatic hydroxyl groups is 1. The highest BCUT2D eigenvalue weighted by molar-refractivity contribution is 8.00. The van der Waals surface area contributed by atoms with E-state index in [-0.39, 0.29) is 27.8 Å². The molecule has 0 bridgehead atoms. The molecule has 0 spiro atoms. The van der Waals surface area contributed by atoms with Gasteiger partial charge < -0.3 is 24.4 Å². The summed E-state index contributed by atoms with van der Waals surface area (Å²) in [6, 6.07) is 15.6. The van der Waals surface area contributed by atoms with E-state index in [4.69, 9.17) is 25.8 Å². The lowest BCUT2D eigenvalue weighted by Crippen LogP contribution is -2.29. The van der Waals surface area contributed by atoms with Gasteiger partial charge in [-0.05, 0) is 47.5 Å². The van der Waals surface area contributed by atoms with E-state index in [1.54, 1.807) is 30.3 Å². The van der Waals surface area contributed by atoms with Crippen LogP contribution in [0.2, 0.25) is 5.02 Å². The number of hydrogen-bond acceptors (Lipinski definition) is 11. The van der Waals surface area contributed by atoms with Crippen molar-refractivity contribution in [3.63, 3.8) is 0 Å². The molecular formula is C29H22ClN3O7S2. The van der Waals surface area contributed by atoms with E-state index in [1.807, 2.05) is 18.2 Å². The van der Waals surface area contributed by atoms with E-state index < -0.39 is 23.5 Å². The molecule has 2 aliphatic rings. The van der Waals surface area contributed by atoms with E-state index in [0.717, 1.165) is 16.9 Å². The predicted octanol–water partition coefficient (Wildman–Crippen LogP) is 5.60. The molecule has 3 heterocycles. The molecule has 1 saturated heterocycles. The van der Waals surface area contributed by atoms with Crippen molar-refractivity contribution < 1.29 is 34.0 Å². The second kappa shape index (κ2) is 11.6. The first-order chi connectivity index (χ1) is 20.4. The topological polar surface area (TPSA) is 131 Å². The number of amides is 1. The molecule has 0 saturated carbocycles. The van der Waals surface area contributed by atoms with Crippen LogP contribution in [0, 0.1) is 0 Å². The summed E-state index contributed by atoms with van der Waals surface area (Å²) in [6.45, 7) is 0.732. The third-order valence-corrected chi connectivity index (χ3v) is 9.16. The van der Waals surface area contributed by atoms with Crippen LogP contribution in [0.15, 0.2) is 70.6 Å². The number of phenolic OH excluding ortho intramolecular Hbond substituents is 1. The number of ether oxygens (including phenoxy) is 3. The van der Waals surface area contributed by atoms with Gasteiger partial charge in [0.05, 0.1) is 18.7 Å². The number of phenols is 1. The van der Waals surface area contributed by atoms with E-state index in [1.165, 1.54) is 35.9 Å². The number of carbonyl (C=O) groups excluding carboxylic acids is 2. The largest absolute Gasteiger partial charge is 0.507 e. The van der Waals surface area contributed by atoms with Crippen LogP contribution in [-0.4, -0.2) is 52.4 Å². The maximum Gasteiger partial charge on any atom is 0.301 e. The van der Waals surface area contributed by atoms with Gasteiger partial charge in [-0.3, -0.25) is 14.5 Å². The van der Waals surface area contributed by atoms with Gasteiger partial charge in [0.1, 0.15) is 19.0 Å². The van der Waals surface area contributed by atoms with E-state index in [2.05, 4.69) is 10.2 Å². The van der Waals surface area contributed by atoms with Gasteiger partial charge in [-0.25, -0.2) is 0 Å². The SMILES string of the molecule is COc1cc(C2/C(=C(\O)c3ccc4c(c3)OCCO4)C(=O)C(=O)N2c2nnc(SCc3ccccc3Cl)s2)ccc1O. The molecule has 214 valence electrons. The number of ketones is 1. The Bertz CT molecular complexity index is 1740. The first kappa shape index (κ1) is 27.9. The molecule has 13 heteroatoms. The fourth-order valence-electron chi connectivity index (χ4n) is 4.67. The van der Waals surface area contributed by atoms with Crippen molar-refractivity contribution in [3.8, 4) is 23.0 Å². The molecule has 1 unspecified atom stereocenters. The third-order valence-electron chi connectivity index (χ3n) is 6.69. The predicted molar refractivity (Wildman–Crippen MR) is 158 cm³/mol. The number of halogens is 1. The van der Waals surface area contributed by atoms with Crippen LogP contribution in [0.25, 0.3) is 5.76 Å². The molecule has 1 aromatic heterocycles. The van der Waals surface area contributed by atoms with Crippen LogP contribution in [-0.2, 0) is 15.3 Å². The molecular weight excluding hydrogens is 602 g/mol. The number of methoxy groups -OCH3 is 1. The number of aliphatic hydroxyl groups is 1. The third kappa shape index (κ3) is 5.13. The average molecular weight is 624 g/mol. The van der Waals surface area contributed by atoms with Gasteiger partial charge in [0.25, 0.3) is 5.78 Å². The van der Waals surface area contributed by atoms with E-state index in [9.17, 15) is 19.8 Å². The number of hydrogen-bond donors (Lipinski definition) is 2. The van der Waals surface area contributed by atoms with Crippen molar-refractivity contribution in [1.29, 1.82) is 0 Å². The van der Waals surface area contributed by atoms with Crippen molar-refractivity contribution in [3.05, 3.63) is 87.9 Å². The number of aromatic nitrogens is 2. The molecule has 1 atom stereocenters. The lowest BCUT2D eigenvalue weighted by Gasteiger charge is -2.23. The van der Waals surface area contributed by atoms with Crippen molar-refractivity contribution in [1.82, 2.24) is 10.2 Å². The van der Waals surface area contributed by atoms with Crippen molar-refractivity contribution in [2.24, 2.45) is 0 Å². The van der Waals surface area contributed by atoms with Crippen LogP contribution in [0.4, 0.5) is 5.13 Å². The van der Waals surface area contributed by atoms with Crippen LogP contribution < -0.4 is 19.1 Å². The minimum absolute atomic E-state index is 0.126. The fraction of sp³-hybridized carbons (Fsp3) is 0.172. The maximum atomic E-state index is 13.5. The summed E-state index contributed by atoms with van der Waals surface area (Å²) < 4.78 is 17.1. The number of rotatable bonds is 7. The zero-order chi connectivity index (χ0) is 29.4. The van der Waals surface area contributed by atoms with Gasteiger partial charge in [-0.2, -0.15) is 0 Å². The van der Waals surface area contributed by atoms with E-state index in [0.29, 0.717) is 45.4 Å². The standard InChI is InChI=1S/C29H22ClN3O7S2/c1-38-21-12-15(6-8-19(21)34)24-23(25(35)16-7-9-20-22(13-16)40-11-10-39-20)26(36)27(37)33(24)28-31-32-29(42-28)41-14-17-4-2-3-5-18(17)30/h2-9,12-13,24,34-35H,10-11,14H2,1H3/b25-23+. The molecule has 4 aromatic rings. The summed E-state index contributed by atoms with van der Waals surface area (Å²) >= 11 is 8.80. The second-order valence-corrected chi connectivity index (χ2v) is 11.8. The highest BCUT2D eigenvalue weighted by Gasteiger charge is 2.48. The van der Waals surface area contributed by atoms with Crippen LogP contribution in [0.3, 0.4) is 0 Å².